The minimum atomic E-state index is -0.963. The van der Waals surface area contributed by atoms with Crippen LogP contribution in [0.25, 0.3) is 0 Å². The second-order valence-electron chi connectivity index (χ2n) is 9.40. The summed E-state index contributed by atoms with van der Waals surface area (Å²) in [4.78, 5) is 31.8. The molecule has 0 aliphatic carbocycles. The highest BCUT2D eigenvalue weighted by molar-refractivity contribution is 7.18. The third kappa shape index (κ3) is 5.71. The van der Waals surface area contributed by atoms with Crippen molar-refractivity contribution in [1.29, 1.82) is 0 Å². The molecule has 0 unspecified atom stereocenters. The number of anilines is 3. The molecule has 1 aromatic heterocycles. The van der Waals surface area contributed by atoms with Gasteiger partial charge in [0.2, 0.25) is 5.78 Å². The molecule has 10 heteroatoms. The highest BCUT2D eigenvalue weighted by atomic mass is 32.1. The van der Waals surface area contributed by atoms with Gasteiger partial charge in [0.25, 0.3) is 5.91 Å². The third-order valence-corrected chi connectivity index (χ3v) is 7.33. The number of hydrogen-bond donors (Lipinski definition) is 3. The summed E-state index contributed by atoms with van der Waals surface area (Å²) >= 11 is 0.895. The summed E-state index contributed by atoms with van der Waals surface area (Å²) in [6.07, 6.45) is 3.63. The number of aromatic nitrogens is 1. The number of nitrogen functional groups attached to an aromatic ring is 1. The van der Waals surface area contributed by atoms with Gasteiger partial charge in [0.1, 0.15) is 22.3 Å². The molecule has 0 spiro atoms. The molecule has 0 radical (unpaired) electrons. The van der Waals surface area contributed by atoms with Crippen LogP contribution in [0.15, 0.2) is 42.5 Å². The Kier molecular flexibility index (Phi) is 7.65. The average molecular weight is 516 g/mol. The summed E-state index contributed by atoms with van der Waals surface area (Å²) < 4.78 is 28.0. The summed E-state index contributed by atoms with van der Waals surface area (Å²) in [6.45, 7) is 6.93. The normalized spacial score (nSPS) is 14.4. The van der Waals surface area contributed by atoms with Gasteiger partial charge >= 0.3 is 0 Å². The monoisotopic (exact) mass is 515 g/mol. The highest BCUT2D eigenvalue weighted by Gasteiger charge is 2.28. The Labute approximate surface area is 214 Å². The van der Waals surface area contributed by atoms with Gasteiger partial charge in [0, 0.05) is 24.8 Å². The zero-order valence-corrected chi connectivity index (χ0v) is 21.1. The van der Waals surface area contributed by atoms with Crippen molar-refractivity contribution in [1.82, 2.24) is 15.2 Å². The molecule has 1 saturated heterocycles. The second-order valence-corrected chi connectivity index (χ2v) is 10.4. The van der Waals surface area contributed by atoms with Gasteiger partial charge in [-0.3, -0.25) is 14.5 Å². The molecule has 4 N–H and O–H groups in total. The molecule has 192 valence electrons. The lowest BCUT2D eigenvalue weighted by molar-refractivity contribution is 0.0797. The number of nitrogens with two attached hydrogens (primary N) is 1. The molecule has 0 atom stereocenters. The van der Waals surface area contributed by atoms with Crippen LogP contribution in [0.2, 0.25) is 0 Å². The van der Waals surface area contributed by atoms with Crippen molar-refractivity contribution < 1.29 is 19.8 Å². The first kappa shape index (κ1) is 25.7. The zero-order valence-electron chi connectivity index (χ0n) is 20.2. The number of benzene rings is 2. The molecular formula is C26H31F2N5O2S. The Bertz CT molecular complexity index is 1240. The summed E-state index contributed by atoms with van der Waals surface area (Å²) in [5.74, 6) is -3.08. The maximum atomic E-state index is 14.0. The lowest BCUT2D eigenvalue weighted by Crippen LogP contribution is -2.53. The Morgan fingerprint density at radius 2 is 1.72 bits per heavy atom. The zero-order chi connectivity index (χ0) is 25.9. The fourth-order valence-electron chi connectivity index (χ4n) is 4.21. The van der Waals surface area contributed by atoms with Crippen molar-refractivity contribution in [3.8, 4) is 0 Å². The molecule has 7 nitrogen and oxygen atoms in total. The quantitative estimate of drug-likeness (QED) is 0.356. The first-order chi connectivity index (χ1) is 17.2. The number of thiazole rings is 1. The molecule has 36 heavy (non-hydrogen) atoms. The number of nitrogens with one attached hydrogen (secondary N) is 2. The summed E-state index contributed by atoms with van der Waals surface area (Å²) in [5.41, 5.74) is 6.20. The lowest BCUT2D eigenvalue weighted by atomic mass is 9.98. The molecule has 2 aromatic carbocycles. The fourth-order valence-corrected chi connectivity index (χ4v) is 5.07. The standard InChI is InChI=1S/C26H29F2N5O2S.H2/c1-26(2,33-13-4-3-5-14-33)15-30-24(35)16-9-11-17(12-10-16)31-25-32-23(29)22(36-25)21(34)20-18(27)7-6-8-19(20)28;/h6-12H,3-5,13-15,29H2,1-2H3,(H,30,35)(H,31,32);1H. The van der Waals surface area contributed by atoms with Crippen LogP contribution in [-0.4, -0.2) is 46.7 Å². The van der Waals surface area contributed by atoms with Crippen molar-refractivity contribution in [2.75, 3.05) is 30.7 Å². The second kappa shape index (κ2) is 10.7. The van der Waals surface area contributed by atoms with Crippen LogP contribution in [0.5, 0.6) is 0 Å². The lowest BCUT2D eigenvalue weighted by Gasteiger charge is -2.41. The third-order valence-electron chi connectivity index (χ3n) is 6.34. The molecule has 3 aromatic rings. The number of likely N-dealkylation sites (tertiary alicyclic amines) is 1. The minimum absolute atomic E-state index is 0. The van der Waals surface area contributed by atoms with Crippen LogP contribution in [0, 0.1) is 11.6 Å². The number of ketones is 1. The van der Waals surface area contributed by atoms with Crippen LogP contribution in [-0.2, 0) is 0 Å². The van der Waals surface area contributed by atoms with E-state index < -0.39 is 23.0 Å². The predicted molar refractivity (Wildman–Crippen MR) is 140 cm³/mol. The van der Waals surface area contributed by atoms with E-state index >= 15 is 0 Å². The van der Waals surface area contributed by atoms with E-state index in [-0.39, 0.29) is 28.7 Å². The molecular weight excluding hydrogens is 484 g/mol. The van der Waals surface area contributed by atoms with Gasteiger partial charge < -0.3 is 16.4 Å². The Balaban J connectivity index is 0.00000380. The number of hydrogen-bond acceptors (Lipinski definition) is 7. The van der Waals surface area contributed by atoms with Crippen molar-refractivity contribution in [2.45, 2.75) is 38.6 Å². The minimum Gasteiger partial charge on any atom is -0.382 e. The van der Waals surface area contributed by atoms with Gasteiger partial charge in [-0.15, -0.1) is 0 Å². The van der Waals surface area contributed by atoms with E-state index in [0.29, 0.717) is 17.8 Å². The smallest absolute Gasteiger partial charge is 0.251 e. The number of rotatable bonds is 8. The summed E-state index contributed by atoms with van der Waals surface area (Å²) in [6, 6.07) is 10.00. The number of nitrogens with zero attached hydrogens (tertiary/aromatic N) is 2. The number of carbonyl (C=O) groups excluding carboxylic acids is 2. The maximum Gasteiger partial charge on any atom is 0.251 e. The van der Waals surface area contributed by atoms with E-state index in [2.05, 4.69) is 34.4 Å². The number of piperidine rings is 1. The van der Waals surface area contributed by atoms with E-state index in [1.54, 1.807) is 24.3 Å². The number of carbonyl (C=O) groups is 2. The van der Waals surface area contributed by atoms with Gasteiger partial charge in [-0.05, 0) is 76.2 Å². The van der Waals surface area contributed by atoms with Crippen molar-refractivity contribution >= 4 is 39.7 Å². The Morgan fingerprint density at radius 3 is 2.36 bits per heavy atom. The average Bonchev–Trinajstić information content (AvgIpc) is 3.23. The molecule has 4 rings (SSSR count). The van der Waals surface area contributed by atoms with Crippen molar-refractivity contribution in [3.63, 3.8) is 0 Å². The van der Waals surface area contributed by atoms with Gasteiger partial charge in [0.05, 0.1) is 5.56 Å². The predicted octanol–water partition coefficient (Wildman–Crippen LogP) is 5.22. The van der Waals surface area contributed by atoms with E-state index in [1.807, 2.05) is 0 Å². The first-order valence-electron chi connectivity index (χ1n) is 11.8. The van der Waals surface area contributed by atoms with Gasteiger partial charge in [-0.25, -0.2) is 13.8 Å². The highest BCUT2D eigenvalue weighted by Crippen LogP contribution is 2.31. The largest absolute Gasteiger partial charge is 0.382 e. The fraction of sp³-hybridized carbons (Fsp3) is 0.346. The van der Waals surface area contributed by atoms with Gasteiger partial charge in [0.15, 0.2) is 5.13 Å². The molecule has 2 heterocycles. The van der Waals surface area contributed by atoms with E-state index in [9.17, 15) is 18.4 Å². The molecule has 0 bridgehead atoms. The van der Waals surface area contributed by atoms with E-state index in [1.165, 1.54) is 25.3 Å². The van der Waals surface area contributed by atoms with Crippen LogP contribution in [0.1, 0.15) is 60.1 Å². The van der Waals surface area contributed by atoms with Crippen LogP contribution in [0.4, 0.5) is 25.4 Å². The van der Waals surface area contributed by atoms with Gasteiger partial charge in [-0.1, -0.05) is 23.8 Å². The molecule has 0 saturated carbocycles. The van der Waals surface area contributed by atoms with Crippen LogP contribution >= 0.6 is 11.3 Å². The topological polar surface area (TPSA) is 100 Å². The van der Waals surface area contributed by atoms with Crippen LogP contribution in [0.3, 0.4) is 0 Å². The summed E-state index contributed by atoms with van der Waals surface area (Å²) in [5, 5.41) is 6.33. The van der Waals surface area contributed by atoms with E-state index in [0.717, 1.165) is 36.6 Å². The first-order valence-corrected chi connectivity index (χ1v) is 12.6. The number of amides is 1. The van der Waals surface area contributed by atoms with Crippen molar-refractivity contribution in [3.05, 3.63) is 70.1 Å². The van der Waals surface area contributed by atoms with Crippen molar-refractivity contribution in [2.24, 2.45) is 0 Å². The van der Waals surface area contributed by atoms with E-state index in [4.69, 9.17) is 5.73 Å². The van der Waals surface area contributed by atoms with Crippen LogP contribution < -0.4 is 16.4 Å². The molecule has 1 aliphatic rings. The van der Waals surface area contributed by atoms with Gasteiger partial charge in [-0.2, -0.15) is 0 Å². The SMILES string of the molecule is CC(C)(CNC(=O)c1ccc(Nc2nc(N)c(C(=O)c3c(F)cccc3F)s2)cc1)N1CCCCC1.[HH]. The summed E-state index contributed by atoms with van der Waals surface area (Å²) in [7, 11) is 0. The molecule has 1 aliphatic heterocycles. The molecule has 1 fully saturated rings. The molecule has 1 amide bonds. The number of halogens is 2. The Hall–Kier alpha value is -3.37. The maximum absolute atomic E-state index is 14.0. The Morgan fingerprint density at radius 1 is 1.08 bits per heavy atom.